The quantitative estimate of drug-likeness (QED) is 0.693. The normalized spacial score (nSPS) is 11.5. The van der Waals surface area contributed by atoms with E-state index >= 15 is 0 Å². The highest BCUT2D eigenvalue weighted by Crippen LogP contribution is 2.18. The molecule has 108 valence electrons. The molecule has 0 aliphatic carbocycles. The minimum atomic E-state index is -3.37. The summed E-state index contributed by atoms with van der Waals surface area (Å²) in [5.74, 6) is -0.0136. The van der Waals surface area contributed by atoms with Crippen LogP contribution in [0.1, 0.15) is 13.3 Å². The van der Waals surface area contributed by atoms with Gasteiger partial charge in [0.25, 0.3) is 0 Å². The molecule has 1 rings (SSSR count). The lowest BCUT2D eigenvalue weighted by Crippen LogP contribution is -2.36. The topological polar surface area (TPSA) is 72.6 Å². The molecule has 0 spiro atoms. The molecule has 0 fully saturated rings. The first kappa shape index (κ1) is 15.9. The van der Waals surface area contributed by atoms with Crippen LogP contribution < -0.4 is 10.0 Å². The fourth-order valence-corrected chi connectivity index (χ4v) is 3.08. The van der Waals surface area contributed by atoms with Crippen LogP contribution >= 0.6 is 0 Å². The lowest BCUT2D eigenvalue weighted by Gasteiger charge is -2.24. The summed E-state index contributed by atoms with van der Waals surface area (Å²) < 4.78 is 31.2. The average molecular weight is 286 g/mol. The van der Waals surface area contributed by atoms with Crippen molar-refractivity contribution < 1.29 is 13.2 Å². The molecule has 19 heavy (non-hydrogen) atoms. The minimum absolute atomic E-state index is 0.0136. The van der Waals surface area contributed by atoms with Gasteiger partial charge in [-0.15, -0.1) is 0 Å². The van der Waals surface area contributed by atoms with Gasteiger partial charge >= 0.3 is 0 Å². The number of anilines is 1. The third-order valence-corrected chi connectivity index (χ3v) is 4.38. The molecule has 0 unspecified atom stereocenters. The summed E-state index contributed by atoms with van der Waals surface area (Å²) in [5, 5.41) is 0. The number of para-hydroxylation sites is 1. The maximum atomic E-state index is 12.3. The molecular formula is C13H22N2O3S. The highest BCUT2D eigenvalue weighted by Gasteiger charge is 2.21. The molecule has 0 aliphatic heterocycles. The van der Waals surface area contributed by atoms with E-state index in [4.69, 9.17) is 10.5 Å². The Labute approximate surface area is 115 Å². The van der Waals surface area contributed by atoms with Crippen molar-refractivity contribution in [3.05, 3.63) is 30.3 Å². The van der Waals surface area contributed by atoms with Crippen LogP contribution in [0.25, 0.3) is 0 Å². The molecule has 5 nitrogen and oxygen atoms in total. The molecule has 0 atom stereocenters. The molecule has 0 saturated carbocycles. The van der Waals surface area contributed by atoms with Crippen molar-refractivity contribution in [1.29, 1.82) is 0 Å². The average Bonchev–Trinajstić information content (AvgIpc) is 2.40. The van der Waals surface area contributed by atoms with Crippen molar-refractivity contribution in [2.45, 2.75) is 13.3 Å². The molecule has 0 saturated heterocycles. The lowest BCUT2D eigenvalue weighted by molar-refractivity contribution is 0.163. The predicted molar refractivity (Wildman–Crippen MR) is 77.7 cm³/mol. The van der Waals surface area contributed by atoms with Gasteiger partial charge in [0.05, 0.1) is 18.0 Å². The van der Waals surface area contributed by atoms with Gasteiger partial charge in [-0.3, -0.25) is 4.31 Å². The molecule has 0 aliphatic rings. The minimum Gasteiger partial charge on any atom is -0.381 e. The van der Waals surface area contributed by atoms with Crippen LogP contribution in [0.5, 0.6) is 0 Å². The zero-order valence-corrected chi connectivity index (χ0v) is 12.1. The van der Waals surface area contributed by atoms with Crippen molar-refractivity contribution in [1.82, 2.24) is 0 Å². The van der Waals surface area contributed by atoms with Gasteiger partial charge in [-0.25, -0.2) is 8.42 Å². The van der Waals surface area contributed by atoms with Crippen molar-refractivity contribution in [3.63, 3.8) is 0 Å². The van der Waals surface area contributed by atoms with E-state index < -0.39 is 10.0 Å². The fourth-order valence-electron chi connectivity index (χ4n) is 1.68. The molecule has 1 aromatic carbocycles. The summed E-state index contributed by atoms with van der Waals surface area (Å²) in [5.41, 5.74) is 6.15. The maximum absolute atomic E-state index is 12.3. The number of rotatable bonds is 9. The fraction of sp³-hybridized carbons (Fsp3) is 0.538. The summed E-state index contributed by atoms with van der Waals surface area (Å²) in [6.07, 6.45) is 0.628. The number of ether oxygens (including phenoxy) is 1. The summed E-state index contributed by atoms with van der Waals surface area (Å²) in [6, 6.07) is 9.08. The molecule has 0 amide bonds. The monoisotopic (exact) mass is 286 g/mol. The van der Waals surface area contributed by atoms with Crippen molar-refractivity contribution >= 4 is 15.7 Å². The van der Waals surface area contributed by atoms with Crippen LogP contribution in [0.3, 0.4) is 0 Å². The van der Waals surface area contributed by atoms with E-state index in [1.54, 1.807) is 12.1 Å². The second-order valence-electron chi connectivity index (χ2n) is 4.06. The second kappa shape index (κ2) is 8.14. The first-order valence-electron chi connectivity index (χ1n) is 6.45. The highest BCUT2D eigenvalue weighted by atomic mass is 32.2. The first-order valence-corrected chi connectivity index (χ1v) is 8.06. The maximum Gasteiger partial charge on any atom is 0.237 e. The van der Waals surface area contributed by atoms with Crippen LogP contribution in [-0.4, -0.2) is 40.5 Å². The number of hydrogen-bond donors (Lipinski definition) is 1. The molecular weight excluding hydrogens is 264 g/mol. The molecule has 1 aromatic rings. The highest BCUT2D eigenvalue weighted by molar-refractivity contribution is 7.92. The van der Waals surface area contributed by atoms with E-state index in [9.17, 15) is 8.42 Å². The zero-order chi connectivity index (χ0) is 14.1. The molecule has 0 radical (unpaired) electrons. The number of hydrogen-bond acceptors (Lipinski definition) is 4. The summed E-state index contributed by atoms with van der Waals surface area (Å²) in [6.45, 7) is 3.43. The van der Waals surface area contributed by atoms with Crippen molar-refractivity contribution in [2.75, 3.05) is 36.4 Å². The number of nitrogens with zero attached hydrogens (tertiary/aromatic N) is 1. The summed E-state index contributed by atoms with van der Waals surface area (Å²) in [7, 11) is -3.37. The third-order valence-electron chi connectivity index (χ3n) is 2.64. The van der Waals surface area contributed by atoms with Gasteiger partial charge < -0.3 is 10.5 Å². The van der Waals surface area contributed by atoms with Crippen molar-refractivity contribution in [3.8, 4) is 0 Å². The second-order valence-corrected chi connectivity index (χ2v) is 6.08. The van der Waals surface area contributed by atoms with E-state index in [-0.39, 0.29) is 12.4 Å². The Bertz CT molecular complexity index is 448. The van der Waals surface area contributed by atoms with E-state index in [2.05, 4.69) is 0 Å². The van der Waals surface area contributed by atoms with E-state index in [1.165, 1.54) is 4.31 Å². The molecule has 0 bridgehead atoms. The molecule has 2 N–H and O–H groups in total. The van der Waals surface area contributed by atoms with Gasteiger partial charge in [0.15, 0.2) is 0 Å². The molecule has 0 aromatic heterocycles. The van der Waals surface area contributed by atoms with E-state index in [0.29, 0.717) is 31.8 Å². The Balaban J connectivity index is 2.84. The van der Waals surface area contributed by atoms with Gasteiger partial charge in [-0.1, -0.05) is 18.2 Å². The number of sulfonamides is 1. The van der Waals surface area contributed by atoms with E-state index in [0.717, 1.165) is 0 Å². The van der Waals surface area contributed by atoms with Gasteiger partial charge in [-0.2, -0.15) is 0 Å². The SMILES string of the molecule is CCOCCS(=O)(=O)N(CCCN)c1ccccc1. The van der Waals surface area contributed by atoms with Gasteiger partial charge in [0.2, 0.25) is 10.0 Å². The van der Waals surface area contributed by atoms with Crippen LogP contribution in [0, 0.1) is 0 Å². The Morgan fingerprint density at radius 2 is 1.95 bits per heavy atom. The van der Waals surface area contributed by atoms with Crippen LogP contribution in [-0.2, 0) is 14.8 Å². The van der Waals surface area contributed by atoms with E-state index in [1.807, 2.05) is 25.1 Å². The van der Waals surface area contributed by atoms with Crippen LogP contribution in [0.4, 0.5) is 5.69 Å². The number of nitrogens with two attached hydrogens (primary N) is 1. The van der Waals surface area contributed by atoms with Gasteiger partial charge in [0, 0.05) is 13.2 Å². The standard InChI is InChI=1S/C13H22N2O3S/c1-2-18-11-12-19(16,17)15(10-6-9-14)13-7-4-3-5-8-13/h3-5,7-8H,2,6,9-12,14H2,1H3. The van der Waals surface area contributed by atoms with Crippen LogP contribution in [0.15, 0.2) is 30.3 Å². The smallest absolute Gasteiger partial charge is 0.237 e. The number of benzene rings is 1. The Hall–Kier alpha value is -1.11. The summed E-state index contributed by atoms with van der Waals surface area (Å²) in [4.78, 5) is 0. The van der Waals surface area contributed by atoms with Gasteiger partial charge in [-0.05, 0) is 32.0 Å². The largest absolute Gasteiger partial charge is 0.381 e. The first-order chi connectivity index (χ1) is 9.11. The van der Waals surface area contributed by atoms with Crippen LogP contribution in [0.2, 0.25) is 0 Å². The van der Waals surface area contributed by atoms with Crippen molar-refractivity contribution in [2.24, 2.45) is 5.73 Å². The Morgan fingerprint density at radius 1 is 1.26 bits per heavy atom. The predicted octanol–water partition coefficient (Wildman–Crippen LogP) is 1.21. The lowest BCUT2D eigenvalue weighted by atomic mass is 10.3. The summed E-state index contributed by atoms with van der Waals surface area (Å²) >= 11 is 0. The Morgan fingerprint density at radius 3 is 2.53 bits per heavy atom. The molecule has 6 heteroatoms. The zero-order valence-electron chi connectivity index (χ0n) is 11.3. The van der Waals surface area contributed by atoms with Gasteiger partial charge in [0.1, 0.15) is 0 Å². The Kier molecular flexibility index (Phi) is 6.83. The molecule has 0 heterocycles. The third kappa shape index (κ3) is 5.18.